The Morgan fingerprint density at radius 2 is 1.72 bits per heavy atom. The largest absolute Gasteiger partial charge is 0.457 e. The SMILES string of the molecule is COC[C@H](C)n1c(C)cc(C(=O)COC(=O)CC23CC4CC(CC(C4)C2)C3)c1C. The molecule has 4 saturated carbocycles. The molecule has 5 rings (SSSR count). The second-order valence-corrected chi connectivity index (χ2v) is 10.1. The summed E-state index contributed by atoms with van der Waals surface area (Å²) in [6, 6.07) is 2.05. The van der Waals surface area contributed by atoms with Crippen LogP contribution in [0.2, 0.25) is 0 Å². The molecule has 4 fully saturated rings. The van der Waals surface area contributed by atoms with E-state index < -0.39 is 0 Å². The molecule has 0 aromatic carbocycles. The number of carbonyl (C=O) groups excluding carboxylic acids is 2. The minimum atomic E-state index is -0.193. The summed E-state index contributed by atoms with van der Waals surface area (Å²) >= 11 is 0. The molecular formula is C24H35NO4. The predicted molar refractivity (Wildman–Crippen MR) is 111 cm³/mol. The summed E-state index contributed by atoms with van der Waals surface area (Å²) in [5.41, 5.74) is 2.73. The summed E-state index contributed by atoms with van der Waals surface area (Å²) in [5, 5.41) is 0. The third-order valence-corrected chi connectivity index (χ3v) is 7.68. The van der Waals surface area contributed by atoms with E-state index in [0.29, 0.717) is 18.6 Å². The highest BCUT2D eigenvalue weighted by Crippen LogP contribution is 2.61. The maximum Gasteiger partial charge on any atom is 0.306 e. The standard InChI is InChI=1S/C24H35NO4/c1-15-5-21(17(3)25(15)16(2)13-28-4)22(26)14-29-23(27)12-24-9-18-6-19(10-24)8-20(7-18)11-24/h5,16,18-20H,6-14H2,1-4H3/t16-,18?,19?,20?,24?/m0/s1. The summed E-state index contributed by atoms with van der Waals surface area (Å²) in [7, 11) is 1.68. The fourth-order valence-electron chi connectivity index (χ4n) is 7.14. The summed E-state index contributed by atoms with van der Waals surface area (Å²) in [6.07, 6.45) is 8.13. The first-order chi connectivity index (χ1) is 13.8. The normalized spacial score (nSPS) is 31.1. The van der Waals surface area contributed by atoms with E-state index in [9.17, 15) is 9.59 Å². The Bertz CT molecular complexity index is 758. The van der Waals surface area contributed by atoms with Gasteiger partial charge in [0.15, 0.2) is 6.61 Å². The summed E-state index contributed by atoms with van der Waals surface area (Å²) in [6.45, 7) is 6.44. The van der Waals surface area contributed by atoms with Crippen LogP contribution in [0, 0.1) is 37.0 Å². The van der Waals surface area contributed by atoms with Crippen LogP contribution in [-0.2, 0) is 14.3 Å². The number of aromatic nitrogens is 1. The average molecular weight is 402 g/mol. The van der Waals surface area contributed by atoms with Crippen LogP contribution in [0.25, 0.3) is 0 Å². The monoisotopic (exact) mass is 401 g/mol. The van der Waals surface area contributed by atoms with Gasteiger partial charge in [0.2, 0.25) is 5.78 Å². The molecule has 29 heavy (non-hydrogen) atoms. The van der Waals surface area contributed by atoms with Gasteiger partial charge in [-0.3, -0.25) is 9.59 Å². The minimum absolute atomic E-state index is 0.118. The number of nitrogens with zero attached hydrogens (tertiary/aromatic N) is 1. The zero-order valence-corrected chi connectivity index (χ0v) is 18.3. The number of ether oxygens (including phenoxy) is 2. The molecule has 4 aliphatic carbocycles. The van der Waals surface area contributed by atoms with Gasteiger partial charge >= 0.3 is 5.97 Å². The van der Waals surface area contributed by atoms with Gasteiger partial charge in [-0.1, -0.05) is 0 Å². The molecule has 1 atom stereocenters. The molecule has 0 radical (unpaired) electrons. The fraction of sp³-hybridized carbons (Fsp3) is 0.750. The number of aryl methyl sites for hydroxylation is 1. The first kappa shape index (κ1) is 20.6. The van der Waals surface area contributed by atoms with Crippen molar-refractivity contribution in [3.8, 4) is 0 Å². The highest BCUT2D eigenvalue weighted by atomic mass is 16.5. The summed E-state index contributed by atoms with van der Waals surface area (Å²) < 4.78 is 12.9. The van der Waals surface area contributed by atoms with Crippen molar-refractivity contribution in [2.75, 3.05) is 20.3 Å². The molecule has 5 heteroatoms. The molecule has 0 spiro atoms. The molecule has 1 heterocycles. The maximum atomic E-state index is 12.8. The number of rotatable bonds is 8. The lowest BCUT2D eigenvalue weighted by Gasteiger charge is -2.56. The van der Waals surface area contributed by atoms with Gasteiger partial charge in [0.05, 0.1) is 19.1 Å². The van der Waals surface area contributed by atoms with Crippen LogP contribution in [0.5, 0.6) is 0 Å². The third kappa shape index (κ3) is 4.03. The number of esters is 1. The van der Waals surface area contributed by atoms with Gasteiger partial charge in [-0.2, -0.15) is 0 Å². The van der Waals surface area contributed by atoms with Crippen molar-refractivity contribution in [3.05, 3.63) is 23.0 Å². The zero-order valence-electron chi connectivity index (χ0n) is 18.3. The van der Waals surface area contributed by atoms with E-state index in [4.69, 9.17) is 9.47 Å². The van der Waals surface area contributed by atoms with E-state index in [1.54, 1.807) is 7.11 Å². The van der Waals surface area contributed by atoms with E-state index in [-0.39, 0.29) is 29.8 Å². The average Bonchev–Trinajstić information content (AvgIpc) is 2.92. The van der Waals surface area contributed by atoms with Crippen molar-refractivity contribution < 1.29 is 19.1 Å². The first-order valence-electron chi connectivity index (χ1n) is 11.2. The molecule has 0 saturated heterocycles. The van der Waals surface area contributed by atoms with Crippen molar-refractivity contribution in [3.63, 3.8) is 0 Å². The van der Waals surface area contributed by atoms with Crippen molar-refractivity contribution in [2.45, 2.75) is 71.8 Å². The van der Waals surface area contributed by atoms with Crippen molar-refractivity contribution in [1.29, 1.82) is 0 Å². The molecule has 1 aromatic heterocycles. The van der Waals surface area contributed by atoms with Gasteiger partial charge in [0.25, 0.3) is 0 Å². The quantitative estimate of drug-likeness (QED) is 0.470. The van der Waals surface area contributed by atoms with Gasteiger partial charge in [0, 0.05) is 24.1 Å². The van der Waals surface area contributed by atoms with Crippen LogP contribution >= 0.6 is 0 Å². The van der Waals surface area contributed by atoms with E-state index >= 15 is 0 Å². The van der Waals surface area contributed by atoms with Gasteiger partial charge in [0.1, 0.15) is 0 Å². The Hall–Kier alpha value is -1.62. The van der Waals surface area contributed by atoms with E-state index in [1.165, 1.54) is 38.5 Å². The van der Waals surface area contributed by atoms with Crippen LogP contribution in [0.3, 0.4) is 0 Å². The van der Waals surface area contributed by atoms with E-state index in [2.05, 4.69) is 11.5 Å². The molecular weight excluding hydrogens is 366 g/mol. The highest BCUT2D eigenvalue weighted by molar-refractivity contribution is 5.99. The number of Topliss-reactive ketones (excluding diaryl/α,β-unsaturated/α-hetero) is 1. The molecule has 1 aromatic rings. The van der Waals surface area contributed by atoms with Crippen LogP contribution < -0.4 is 0 Å². The minimum Gasteiger partial charge on any atom is -0.457 e. The molecule has 4 bridgehead atoms. The Morgan fingerprint density at radius 3 is 2.28 bits per heavy atom. The Balaban J connectivity index is 1.35. The van der Waals surface area contributed by atoms with Crippen LogP contribution in [0.15, 0.2) is 6.07 Å². The third-order valence-electron chi connectivity index (χ3n) is 7.68. The molecule has 5 nitrogen and oxygen atoms in total. The van der Waals surface area contributed by atoms with Gasteiger partial charge in [-0.15, -0.1) is 0 Å². The first-order valence-corrected chi connectivity index (χ1v) is 11.2. The topological polar surface area (TPSA) is 57.5 Å². The maximum absolute atomic E-state index is 12.8. The lowest BCUT2D eigenvalue weighted by atomic mass is 9.49. The molecule has 0 amide bonds. The van der Waals surface area contributed by atoms with E-state index in [1.807, 2.05) is 19.9 Å². The summed E-state index contributed by atoms with van der Waals surface area (Å²) in [4.78, 5) is 25.4. The second kappa shape index (κ2) is 7.90. The molecule has 0 aliphatic heterocycles. The number of methoxy groups -OCH3 is 1. The lowest BCUT2D eigenvalue weighted by molar-refractivity contribution is -0.150. The Kier molecular flexibility index (Phi) is 5.62. The number of ketones is 1. The number of carbonyl (C=O) groups is 2. The fourth-order valence-corrected chi connectivity index (χ4v) is 7.14. The molecule has 4 aliphatic rings. The van der Waals surface area contributed by atoms with Crippen LogP contribution in [-0.4, -0.2) is 36.6 Å². The van der Waals surface area contributed by atoms with E-state index in [0.717, 1.165) is 29.1 Å². The number of hydrogen-bond acceptors (Lipinski definition) is 4. The Labute approximate surface area is 174 Å². The lowest BCUT2D eigenvalue weighted by Crippen LogP contribution is -2.47. The zero-order chi connectivity index (χ0) is 20.8. The van der Waals surface area contributed by atoms with Gasteiger partial charge < -0.3 is 14.0 Å². The van der Waals surface area contributed by atoms with Gasteiger partial charge in [-0.05, 0) is 88.5 Å². The molecule has 0 N–H and O–H groups in total. The second-order valence-electron chi connectivity index (χ2n) is 10.1. The number of hydrogen-bond donors (Lipinski definition) is 0. The Morgan fingerprint density at radius 1 is 1.14 bits per heavy atom. The van der Waals surface area contributed by atoms with Crippen molar-refractivity contribution in [1.82, 2.24) is 4.57 Å². The van der Waals surface area contributed by atoms with Crippen molar-refractivity contribution >= 4 is 11.8 Å². The highest BCUT2D eigenvalue weighted by Gasteiger charge is 2.51. The molecule has 160 valence electrons. The van der Waals surface area contributed by atoms with Crippen LogP contribution in [0.4, 0.5) is 0 Å². The smallest absolute Gasteiger partial charge is 0.306 e. The van der Waals surface area contributed by atoms with Gasteiger partial charge in [-0.25, -0.2) is 0 Å². The predicted octanol–water partition coefficient (Wildman–Crippen LogP) is 4.64. The molecule has 0 unspecified atom stereocenters. The van der Waals surface area contributed by atoms with Crippen molar-refractivity contribution in [2.24, 2.45) is 23.2 Å². The van der Waals surface area contributed by atoms with Crippen LogP contribution in [0.1, 0.15) is 79.7 Å². The summed E-state index contributed by atoms with van der Waals surface area (Å²) in [5.74, 6) is 2.13.